The third-order valence-electron chi connectivity index (χ3n) is 3.92. The third-order valence-corrected chi connectivity index (χ3v) is 4.64. The SMILES string of the molecule is CC(C)CC(CC(=O)c1ccc(-c2ccc(I)cc2)cc1)C(=O)O. The first-order valence-corrected chi connectivity index (χ1v) is 9.06. The van der Waals surface area contributed by atoms with E-state index in [1.165, 1.54) is 3.57 Å². The Labute approximate surface area is 156 Å². The number of carboxylic acid groups (broad SMARTS) is 1. The highest BCUT2D eigenvalue weighted by Crippen LogP contribution is 2.23. The molecule has 0 aliphatic heterocycles. The van der Waals surface area contributed by atoms with Crippen molar-refractivity contribution in [3.63, 3.8) is 0 Å². The average molecular weight is 436 g/mol. The van der Waals surface area contributed by atoms with Gasteiger partial charge >= 0.3 is 5.97 Å². The van der Waals surface area contributed by atoms with Gasteiger partial charge in [0.05, 0.1) is 5.92 Å². The van der Waals surface area contributed by atoms with E-state index in [2.05, 4.69) is 22.6 Å². The van der Waals surface area contributed by atoms with Gasteiger partial charge in [-0.15, -0.1) is 0 Å². The fourth-order valence-corrected chi connectivity index (χ4v) is 3.03. The number of Topliss-reactive ketones (excluding diaryl/α,β-unsaturated/α-hetero) is 1. The van der Waals surface area contributed by atoms with Gasteiger partial charge in [-0.05, 0) is 58.2 Å². The summed E-state index contributed by atoms with van der Waals surface area (Å²) in [5.41, 5.74) is 2.71. The van der Waals surface area contributed by atoms with Gasteiger partial charge in [-0.3, -0.25) is 9.59 Å². The Kier molecular flexibility index (Phi) is 6.54. The maximum atomic E-state index is 12.4. The predicted molar refractivity (Wildman–Crippen MR) is 104 cm³/mol. The van der Waals surface area contributed by atoms with Gasteiger partial charge in [0, 0.05) is 15.6 Å². The molecule has 1 unspecified atom stereocenters. The normalized spacial score (nSPS) is 12.2. The zero-order chi connectivity index (χ0) is 17.7. The molecule has 2 aromatic rings. The van der Waals surface area contributed by atoms with E-state index in [-0.39, 0.29) is 18.1 Å². The predicted octanol–water partition coefficient (Wildman–Crippen LogP) is 5.28. The topological polar surface area (TPSA) is 54.4 Å². The molecule has 0 bridgehead atoms. The number of hydrogen-bond acceptors (Lipinski definition) is 2. The molecule has 0 aromatic heterocycles. The Morgan fingerprint density at radius 2 is 1.46 bits per heavy atom. The molecule has 2 rings (SSSR count). The van der Waals surface area contributed by atoms with E-state index < -0.39 is 11.9 Å². The quantitative estimate of drug-likeness (QED) is 0.475. The molecule has 1 N–H and O–H groups in total. The fraction of sp³-hybridized carbons (Fsp3) is 0.300. The van der Waals surface area contributed by atoms with Crippen molar-refractivity contribution in [2.45, 2.75) is 26.7 Å². The minimum atomic E-state index is -0.896. The molecule has 0 amide bonds. The Morgan fingerprint density at radius 1 is 0.958 bits per heavy atom. The molecular weight excluding hydrogens is 415 g/mol. The second-order valence-electron chi connectivity index (χ2n) is 6.38. The van der Waals surface area contributed by atoms with Crippen LogP contribution < -0.4 is 0 Å². The highest BCUT2D eigenvalue weighted by Gasteiger charge is 2.23. The molecular formula is C20H21IO3. The Bertz CT molecular complexity index is 703. The number of carbonyl (C=O) groups is 2. The highest BCUT2D eigenvalue weighted by molar-refractivity contribution is 14.1. The summed E-state index contributed by atoms with van der Waals surface area (Å²) >= 11 is 2.26. The van der Waals surface area contributed by atoms with Gasteiger partial charge in [-0.2, -0.15) is 0 Å². The van der Waals surface area contributed by atoms with Crippen molar-refractivity contribution < 1.29 is 14.7 Å². The minimum absolute atomic E-state index is 0.0520. The number of rotatable bonds is 7. The van der Waals surface area contributed by atoms with Crippen molar-refractivity contribution in [3.8, 4) is 11.1 Å². The largest absolute Gasteiger partial charge is 0.481 e. The van der Waals surface area contributed by atoms with Crippen molar-refractivity contribution in [1.82, 2.24) is 0 Å². The second kappa shape index (κ2) is 8.42. The van der Waals surface area contributed by atoms with Gasteiger partial charge in [0.2, 0.25) is 0 Å². The Morgan fingerprint density at radius 3 is 1.92 bits per heavy atom. The van der Waals surface area contributed by atoms with Crippen molar-refractivity contribution in [2.24, 2.45) is 11.8 Å². The summed E-state index contributed by atoms with van der Waals surface area (Å²) in [6.07, 6.45) is 0.568. The Hall–Kier alpha value is -1.69. The number of carboxylic acids is 1. The van der Waals surface area contributed by atoms with E-state index in [0.717, 1.165) is 11.1 Å². The fourth-order valence-electron chi connectivity index (χ4n) is 2.67. The summed E-state index contributed by atoms with van der Waals surface area (Å²) in [4.78, 5) is 23.7. The standard InChI is InChI=1S/C20H21IO3/c1-13(2)11-17(20(23)24)12-19(22)16-5-3-14(4-6-16)15-7-9-18(21)10-8-15/h3-10,13,17H,11-12H2,1-2H3,(H,23,24). The lowest BCUT2D eigenvalue weighted by Crippen LogP contribution is -2.20. The van der Waals surface area contributed by atoms with Crippen LogP contribution in [0.1, 0.15) is 37.0 Å². The molecule has 3 nitrogen and oxygen atoms in total. The number of aliphatic carboxylic acids is 1. The molecule has 0 aliphatic rings. The zero-order valence-electron chi connectivity index (χ0n) is 13.8. The van der Waals surface area contributed by atoms with Crippen LogP contribution in [-0.2, 0) is 4.79 Å². The summed E-state index contributed by atoms with van der Waals surface area (Å²) in [5.74, 6) is -1.37. The number of hydrogen-bond donors (Lipinski definition) is 1. The lowest BCUT2D eigenvalue weighted by molar-refractivity contribution is -0.142. The summed E-state index contributed by atoms with van der Waals surface area (Å²) in [6, 6.07) is 15.6. The molecule has 0 saturated carbocycles. The number of benzene rings is 2. The molecule has 0 heterocycles. The van der Waals surface area contributed by atoms with E-state index in [4.69, 9.17) is 0 Å². The van der Waals surface area contributed by atoms with Crippen LogP contribution in [-0.4, -0.2) is 16.9 Å². The molecule has 0 radical (unpaired) electrons. The van der Waals surface area contributed by atoms with Crippen LogP contribution in [0.2, 0.25) is 0 Å². The lowest BCUT2D eigenvalue weighted by Gasteiger charge is -2.14. The average Bonchev–Trinajstić information content (AvgIpc) is 2.54. The van der Waals surface area contributed by atoms with Gasteiger partial charge in [-0.1, -0.05) is 50.2 Å². The number of carbonyl (C=O) groups excluding carboxylic acids is 1. The summed E-state index contributed by atoms with van der Waals surface area (Å²) in [6.45, 7) is 3.94. The number of halogens is 1. The van der Waals surface area contributed by atoms with E-state index in [1.807, 2.05) is 50.2 Å². The molecule has 4 heteroatoms. The van der Waals surface area contributed by atoms with Crippen LogP contribution in [0.15, 0.2) is 48.5 Å². The van der Waals surface area contributed by atoms with Crippen LogP contribution in [0.3, 0.4) is 0 Å². The molecule has 24 heavy (non-hydrogen) atoms. The first-order valence-electron chi connectivity index (χ1n) is 7.99. The van der Waals surface area contributed by atoms with Crippen molar-refractivity contribution in [3.05, 3.63) is 57.7 Å². The molecule has 0 aliphatic carbocycles. The van der Waals surface area contributed by atoms with Crippen LogP contribution in [0, 0.1) is 15.4 Å². The third kappa shape index (κ3) is 5.16. The van der Waals surface area contributed by atoms with Gasteiger partial charge in [-0.25, -0.2) is 0 Å². The summed E-state index contributed by atoms with van der Waals surface area (Å²) in [7, 11) is 0. The van der Waals surface area contributed by atoms with E-state index >= 15 is 0 Å². The molecule has 2 aromatic carbocycles. The van der Waals surface area contributed by atoms with Crippen molar-refractivity contribution in [1.29, 1.82) is 0 Å². The summed E-state index contributed by atoms with van der Waals surface area (Å²) < 4.78 is 1.17. The molecule has 126 valence electrons. The number of ketones is 1. The highest BCUT2D eigenvalue weighted by atomic mass is 127. The molecule has 1 atom stereocenters. The monoisotopic (exact) mass is 436 g/mol. The van der Waals surface area contributed by atoms with Gasteiger partial charge in [0.1, 0.15) is 0 Å². The molecule has 0 fully saturated rings. The smallest absolute Gasteiger partial charge is 0.306 e. The van der Waals surface area contributed by atoms with Crippen LogP contribution >= 0.6 is 22.6 Å². The van der Waals surface area contributed by atoms with Gasteiger partial charge < -0.3 is 5.11 Å². The van der Waals surface area contributed by atoms with Gasteiger partial charge in [0.15, 0.2) is 5.78 Å². The maximum Gasteiger partial charge on any atom is 0.306 e. The Balaban J connectivity index is 2.10. The molecule has 0 saturated heterocycles. The molecule has 0 spiro atoms. The first-order chi connectivity index (χ1) is 11.4. The van der Waals surface area contributed by atoms with E-state index in [1.54, 1.807) is 12.1 Å². The van der Waals surface area contributed by atoms with E-state index in [0.29, 0.717) is 12.0 Å². The first kappa shape index (κ1) is 18.6. The minimum Gasteiger partial charge on any atom is -0.481 e. The van der Waals surface area contributed by atoms with E-state index in [9.17, 15) is 14.7 Å². The second-order valence-corrected chi connectivity index (χ2v) is 7.62. The lowest BCUT2D eigenvalue weighted by atomic mass is 9.90. The van der Waals surface area contributed by atoms with Crippen molar-refractivity contribution >= 4 is 34.3 Å². The maximum absolute atomic E-state index is 12.4. The van der Waals surface area contributed by atoms with Crippen LogP contribution in [0.4, 0.5) is 0 Å². The van der Waals surface area contributed by atoms with Crippen LogP contribution in [0.5, 0.6) is 0 Å². The van der Waals surface area contributed by atoms with Gasteiger partial charge in [0.25, 0.3) is 0 Å². The van der Waals surface area contributed by atoms with Crippen LogP contribution in [0.25, 0.3) is 11.1 Å². The zero-order valence-corrected chi connectivity index (χ0v) is 16.0. The van der Waals surface area contributed by atoms with Crippen molar-refractivity contribution in [2.75, 3.05) is 0 Å². The summed E-state index contributed by atoms with van der Waals surface area (Å²) in [5, 5.41) is 9.28.